The molecule has 0 saturated heterocycles. The fraction of sp³-hybridized carbons (Fsp3) is 0.182. The van der Waals surface area contributed by atoms with Crippen molar-refractivity contribution in [2.24, 2.45) is 0 Å². The van der Waals surface area contributed by atoms with Gasteiger partial charge in [-0.3, -0.25) is 9.89 Å². The molecule has 2 N–H and O–H groups in total. The van der Waals surface area contributed by atoms with Gasteiger partial charge in [0.2, 0.25) is 0 Å². The Morgan fingerprint density at radius 1 is 1.42 bits per heavy atom. The molecule has 0 saturated carbocycles. The summed E-state index contributed by atoms with van der Waals surface area (Å²) in [5, 5.41) is 8.62. The number of nitrogens with zero attached hydrogens (tertiary/aromatic N) is 2. The van der Waals surface area contributed by atoms with Gasteiger partial charge in [0.25, 0.3) is 5.91 Å². The summed E-state index contributed by atoms with van der Waals surface area (Å²) in [6.07, 6.45) is 1.28. The fourth-order valence-electron chi connectivity index (χ4n) is 1.52. The summed E-state index contributed by atoms with van der Waals surface area (Å²) in [7, 11) is 0. The highest BCUT2D eigenvalue weighted by Gasteiger charge is 2.21. The number of hydrogen-bond acceptors (Lipinski definition) is 3. The molecule has 1 aromatic heterocycles. The van der Waals surface area contributed by atoms with Crippen molar-refractivity contribution in [3.63, 3.8) is 0 Å². The van der Waals surface area contributed by atoms with Crippen LogP contribution in [0.5, 0.6) is 0 Å². The van der Waals surface area contributed by atoms with E-state index < -0.39 is 29.1 Å². The number of aromatic nitrogens is 3. The Kier molecular flexibility index (Phi) is 3.89. The van der Waals surface area contributed by atoms with Crippen LogP contribution >= 0.6 is 15.9 Å². The second kappa shape index (κ2) is 5.43. The maximum atomic E-state index is 13.6. The van der Waals surface area contributed by atoms with Gasteiger partial charge < -0.3 is 5.32 Å². The predicted molar refractivity (Wildman–Crippen MR) is 66.3 cm³/mol. The van der Waals surface area contributed by atoms with Crippen molar-refractivity contribution >= 4 is 21.8 Å². The molecule has 1 aromatic carbocycles. The Balaban J connectivity index is 2.21. The van der Waals surface area contributed by atoms with Crippen LogP contribution in [0.3, 0.4) is 0 Å². The third kappa shape index (κ3) is 2.95. The molecule has 1 heterocycles. The van der Waals surface area contributed by atoms with Gasteiger partial charge in [-0.2, -0.15) is 5.10 Å². The number of benzene rings is 1. The number of carbonyl (C=O) groups excluding carboxylic acids is 1. The van der Waals surface area contributed by atoms with Crippen LogP contribution in [0.15, 0.2) is 22.9 Å². The zero-order valence-electron chi connectivity index (χ0n) is 9.75. The average Bonchev–Trinajstić information content (AvgIpc) is 2.80. The van der Waals surface area contributed by atoms with Gasteiger partial charge in [0.05, 0.1) is 6.04 Å². The van der Waals surface area contributed by atoms with E-state index in [1.165, 1.54) is 6.33 Å². The summed E-state index contributed by atoms with van der Waals surface area (Å²) in [5.41, 5.74) is -0.630. The van der Waals surface area contributed by atoms with Crippen LogP contribution in [-0.4, -0.2) is 21.1 Å². The molecule has 19 heavy (non-hydrogen) atoms. The molecule has 0 radical (unpaired) electrons. The van der Waals surface area contributed by atoms with E-state index in [0.29, 0.717) is 5.82 Å². The molecule has 100 valence electrons. The molecule has 0 spiro atoms. The fourth-order valence-corrected chi connectivity index (χ4v) is 1.92. The number of hydrogen-bond donors (Lipinski definition) is 2. The van der Waals surface area contributed by atoms with Crippen LogP contribution in [0.4, 0.5) is 8.78 Å². The number of carbonyl (C=O) groups is 1. The first-order chi connectivity index (χ1) is 8.99. The Morgan fingerprint density at radius 3 is 2.58 bits per heavy atom. The lowest BCUT2D eigenvalue weighted by atomic mass is 10.1. The molecule has 1 atom stereocenters. The van der Waals surface area contributed by atoms with E-state index >= 15 is 0 Å². The molecule has 0 aliphatic carbocycles. The number of H-pyrrole nitrogens is 1. The van der Waals surface area contributed by atoms with Crippen LogP contribution in [0.1, 0.15) is 29.1 Å². The molecule has 0 aliphatic rings. The topological polar surface area (TPSA) is 70.7 Å². The minimum atomic E-state index is -0.936. The molecule has 0 bridgehead atoms. The minimum Gasteiger partial charge on any atom is -0.342 e. The molecular formula is C11H9BrF2N4O. The first kappa shape index (κ1) is 13.6. The Bertz CT molecular complexity index is 580. The lowest BCUT2D eigenvalue weighted by Crippen LogP contribution is -2.29. The van der Waals surface area contributed by atoms with E-state index in [0.717, 1.165) is 12.1 Å². The molecule has 0 aliphatic heterocycles. The lowest BCUT2D eigenvalue weighted by molar-refractivity contribution is 0.0930. The number of nitrogens with one attached hydrogen (secondary N) is 2. The maximum Gasteiger partial charge on any atom is 0.257 e. The van der Waals surface area contributed by atoms with Gasteiger partial charge in [0, 0.05) is 4.47 Å². The summed E-state index contributed by atoms with van der Waals surface area (Å²) in [6.45, 7) is 1.62. The molecule has 8 heteroatoms. The maximum absolute atomic E-state index is 13.6. The molecule has 1 amide bonds. The van der Waals surface area contributed by atoms with E-state index in [-0.39, 0.29) is 4.47 Å². The molecule has 1 unspecified atom stereocenters. The number of amides is 1. The summed E-state index contributed by atoms with van der Waals surface area (Å²) >= 11 is 2.94. The van der Waals surface area contributed by atoms with Crippen molar-refractivity contribution in [3.05, 3.63) is 46.0 Å². The number of rotatable bonds is 3. The largest absolute Gasteiger partial charge is 0.342 e. The highest BCUT2D eigenvalue weighted by Crippen LogP contribution is 2.20. The van der Waals surface area contributed by atoms with Gasteiger partial charge in [-0.05, 0) is 19.1 Å². The molecule has 2 aromatic rings. The van der Waals surface area contributed by atoms with Gasteiger partial charge in [0.15, 0.2) is 0 Å². The van der Waals surface area contributed by atoms with Crippen molar-refractivity contribution in [2.45, 2.75) is 13.0 Å². The van der Waals surface area contributed by atoms with Gasteiger partial charge in [-0.25, -0.2) is 13.8 Å². The van der Waals surface area contributed by atoms with Crippen LogP contribution < -0.4 is 5.32 Å². The van der Waals surface area contributed by atoms with Crippen molar-refractivity contribution in [1.82, 2.24) is 20.5 Å². The molecule has 5 nitrogen and oxygen atoms in total. The quantitative estimate of drug-likeness (QED) is 0.907. The first-order valence-electron chi connectivity index (χ1n) is 5.29. The third-order valence-corrected chi connectivity index (χ3v) is 2.88. The third-order valence-electron chi connectivity index (χ3n) is 2.43. The van der Waals surface area contributed by atoms with Crippen LogP contribution in [0, 0.1) is 11.6 Å². The predicted octanol–water partition coefficient (Wildman–Crippen LogP) is 2.34. The average molecular weight is 331 g/mol. The lowest BCUT2D eigenvalue weighted by Gasteiger charge is -2.12. The van der Waals surface area contributed by atoms with Gasteiger partial charge >= 0.3 is 0 Å². The second-order valence-corrected chi connectivity index (χ2v) is 4.73. The zero-order valence-corrected chi connectivity index (χ0v) is 11.3. The van der Waals surface area contributed by atoms with E-state index in [9.17, 15) is 13.6 Å². The van der Waals surface area contributed by atoms with Crippen molar-refractivity contribution in [1.29, 1.82) is 0 Å². The van der Waals surface area contributed by atoms with Crippen LogP contribution in [0.25, 0.3) is 0 Å². The van der Waals surface area contributed by atoms with E-state index in [1.54, 1.807) is 6.92 Å². The minimum absolute atomic E-state index is 0.224. The monoisotopic (exact) mass is 330 g/mol. The summed E-state index contributed by atoms with van der Waals surface area (Å²) in [5.74, 6) is -2.33. The number of halogens is 3. The smallest absolute Gasteiger partial charge is 0.257 e. The van der Waals surface area contributed by atoms with Gasteiger partial charge in [-0.15, -0.1) is 0 Å². The van der Waals surface area contributed by atoms with Crippen molar-refractivity contribution < 1.29 is 13.6 Å². The first-order valence-corrected chi connectivity index (χ1v) is 6.09. The molecule has 2 rings (SSSR count). The van der Waals surface area contributed by atoms with E-state index in [2.05, 4.69) is 36.4 Å². The van der Waals surface area contributed by atoms with Crippen LogP contribution in [0.2, 0.25) is 0 Å². The summed E-state index contributed by atoms with van der Waals surface area (Å²) < 4.78 is 27.4. The Labute approximate surface area is 115 Å². The Hall–Kier alpha value is -1.83. The second-order valence-electron chi connectivity index (χ2n) is 3.81. The van der Waals surface area contributed by atoms with Gasteiger partial charge in [0.1, 0.15) is 29.3 Å². The summed E-state index contributed by atoms with van der Waals surface area (Å²) in [6, 6.07) is 1.51. The molecular weight excluding hydrogens is 322 g/mol. The standard InChI is InChI=1S/C11H9BrF2N4O/c1-5(10-15-4-16-18-10)17-11(19)9-7(13)2-6(12)3-8(9)14/h2-5H,1H3,(H,17,19)(H,15,16,18). The zero-order chi connectivity index (χ0) is 14.0. The van der Waals surface area contributed by atoms with Crippen molar-refractivity contribution in [3.8, 4) is 0 Å². The summed E-state index contributed by atoms with van der Waals surface area (Å²) in [4.78, 5) is 15.7. The molecule has 0 fully saturated rings. The van der Waals surface area contributed by atoms with E-state index in [1.807, 2.05) is 0 Å². The normalized spacial score (nSPS) is 12.2. The van der Waals surface area contributed by atoms with Crippen LogP contribution in [-0.2, 0) is 0 Å². The van der Waals surface area contributed by atoms with Gasteiger partial charge in [-0.1, -0.05) is 15.9 Å². The number of aromatic amines is 1. The van der Waals surface area contributed by atoms with E-state index in [4.69, 9.17) is 0 Å². The van der Waals surface area contributed by atoms with Crippen molar-refractivity contribution in [2.75, 3.05) is 0 Å². The highest BCUT2D eigenvalue weighted by atomic mass is 79.9. The Morgan fingerprint density at radius 2 is 2.05 bits per heavy atom. The highest BCUT2D eigenvalue weighted by molar-refractivity contribution is 9.10. The SMILES string of the molecule is CC(NC(=O)c1c(F)cc(Br)cc1F)c1ncn[nH]1.